The zero-order valence-corrected chi connectivity index (χ0v) is 12.7. The lowest BCUT2D eigenvalue weighted by molar-refractivity contribution is 0.246. The summed E-state index contributed by atoms with van der Waals surface area (Å²) in [5.74, 6) is 1.06. The van der Waals surface area contributed by atoms with Crippen LogP contribution in [0.5, 0.6) is 0 Å². The minimum Gasteiger partial charge on any atom is -0.207 e. The second kappa shape index (κ2) is 2.76. The fraction of sp³-hybridized carbons (Fsp3) is 0.538. The zero-order chi connectivity index (χ0) is 12.9. The molecule has 3 atom stereocenters. The van der Waals surface area contributed by atoms with E-state index in [1.165, 1.54) is 0 Å². The van der Waals surface area contributed by atoms with Gasteiger partial charge >= 0.3 is 0 Å². The molecule has 0 amide bonds. The van der Waals surface area contributed by atoms with Crippen LogP contribution in [0.25, 0.3) is 0 Å². The van der Waals surface area contributed by atoms with E-state index < -0.39 is 18.1 Å². The lowest BCUT2D eigenvalue weighted by atomic mass is 10.1. The van der Waals surface area contributed by atoms with Crippen LogP contribution in [0.15, 0.2) is 29.2 Å². The van der Waals surface area contributed by atoms with Gasteiger partial charge in [0.05, 0.1) is 13.0 Å². The average molecular weight is 279 g/mol. The van der Waals surface area contributed by atoms with Gasteiger partial charge in [-0.3, -0.25) is 0 Å². The molecule has 5 heteroatoms. The Balaban J connectivity index is 2.02. The topological polar surface area (TPSA) is 37.4 Å². The average Bonchev–Trinajstić information content (AvgIpc) is 2.79. The molecule has 2 heterocycles. The van der Waals surface area contributed by atoms with Gasteiger partial charge in [-0.15, -0.1) is 0 Å². The van der Waals surface area contributed by atoms with E-state index in [1.54, 1.807) is 6.07 Å². The highest BCUT2D eigenvalue weighted by Crippen LogP contribution is 2.75. The van der Waals surface area contributed by atoms with Gasteiger partial charge in [0.1, 0.15) is 0 Å². The predicted molar refractivity (Wildman–Crippen MR) is 72.6 cm³/mol. The Hall–Kier alpha value is -0.653. The smallest absolute Gasteiger partial charge is 0.207 e. The third kappa shape index (κ3) is 0.897. The summed E-state index contributed by atoms with van der Waals surface area (Å²) >= 11 is 0. The maximum atomic E-state index is 12.7. The standard InChI is InChI=1S/C13H17NO2SSi/c1-18(2,3)13-10-8-14(13)17(15,16)11-7-5-4-6-9(11)12(10)13/h4-7,10,12H,8H2,1-3H3/t10-,12+,13-/m0/s1. The largest absolute Gasteiger partial charge is 0.243 e. The number of fused-ring (bicyclic) bond motifs is 3. The monoisotopic (exact) mass is 279 g/mol. The molecule has 0 spiro atoms. The van der Waals surface area contributed by atoms with Gasteiger partial charge in [-0.05, 0) is 17.5 Å². The molecule has 1 saturated heterocycles. The molecule has 2 aliphatic heterocycles. The van der Waals surface area contributed by atoms with E-state index in [4.69, 9.17) is 0 Å². The normalized spacial score (nSPS) is 39.5. The van der Waals surface area contributed by atoms with Gasteiger partial charge in [-0.2, -0.15) is 4.31 Å². The second-order valence-corrected chi connectivity index (χ2v) is 13.9. The number of rotatable bonds is 1. The van der Waals surface area contributed by atoms with Crippen molar-refractivity contribution in [3.05, 3.63) is 29.8 Å². The first-order valence-corrected chi connectivity index (χ1v) is 11.4. The fourth-order valence-electron chi connectivity index (χ4n) is 4.49. The third-order valence-corrected chi connectivity index (χ3v) is 10.6. The Bertz CT molecular complexity index is 664. The van der Waals surface area contributed by atoms with Gasteiger partial charge in [0.2, 0.25) is 10.0 Å². The lowest BCUT2D eigenvalue weighted by Crippen LogP contribution is -2.65. The van der Waals surface area contributed by atoms with Crippen molar-refractivity contribution in [2.45, 2.75) is 35.6 Å². The second-order valence-electron chi connectivity index (χ2n) is 6.73. The molecule has 2 fully saturated rings. The van der Waals surface area contributed by atoms with Gasteiger partial charge in [0.25, 0.3) is 0 Å². The van der Waals surface area contributed by atoms with Gasteiger partial charge in [-0.25, -0.2) is 8.42 Å². The van der Waals surface area contributed by atoms with Crippen LogP contribution in [-0.2, 0) is 10.0 Å². The fourth-order valence-corrected chi connectivity index (χ4v) is 11.1. The molecule has 1 aromatic carbocycles. The molecule has 0 aromatic heterocycles. The number of nitrogens with zero attached hydrogens (tertiary/aromatic N) is 1. The Morgan fingerprint density at radius 3 is 2.61 bits per heavy atom. The number of hydrogen-bond donors (Lipinski definition) is 0. The summed E-state index contributed by atoms with van der Waals surface area (Å²) in [5.41, 5.74) is 1.08. The molecule has 1 saturated carbocycles. The summed E-state index contributed by atoms with van der Waals surface area (Å²) < 4.78 is 27.2. The molecule has 0 unspecified atom stereocenters. The Labute approximate surface area is 109 Å². The van der Waals surface area contributed by atoms with Gasteiger partial charge in [0.15, 0.2) is 0 Å². The number of benzene rings is 1. The molecule has 3 nitrogen and oxygen atoms in total. The SMILES string of the molecule is C[Si](C)(C)[C@@]12[C@@H]3c4ccccc4S(=O)(=O)N1C[C@@H]32. The molecule has 18 heavy (non-hydrogen) atoms. The summed E-state index contributed by atoms with van der Waals surface area (Å²) in [6, 6.07) is 7.60. The van der Waals surface area contributed by atoms with Crippen LogP contribution in [-0.4, -0.2) is 32.5 Å². The van der Waals surface area contributed by atoms with Gasteiger partial charge < -0.3 is 0 Å². The molecular formula is C13H17NO2SSi. The summed E-state index contributed by atoms with van der Waals surface area (Å²) in [6.45, 7) is 7.65. The van der Waals surface area contributed by atoms with Crippen LogP contribution in [0.3, 0.4) is 0 Å². The number of sulfonamides is 1. The summed E-state index contributed by atoms with van der Waals surface area (Å²) in [5, 5.41) is 0.000185. The van der Waals surface area contributed by atoms with Crippen molar-refractivity contribution >= 4 is 18.1 Å². The highest BCUT2D eigenvalue weighted by atomic mass is 32.2. The van der Waals surface area contributed by atoms with E-state index in [9.17, 15) is 8.42 Å². The van der Waals surface area contributed by atoms with Crippen molar-refractivity contribution in [1.82, 2.24) is 4.31 Å². The highest BCUT2D eigenvalue weighted by Gasteiger charge is 2.84. The van der Waals surface area contributed by atoms with E-state index in [-0.39, 0.29) is 5.16 Å². The number of hydrogen-bond acceptors (Lipinski definition) is 2. The van der Waals surface area contributed by atoms with E-state index in [1.807, 2.05) is 22.5 Å². The molecule has 1 aliphatic carbocycles. The molecule has 1 aromatic rings. The quantitative estimate of drug-likeness (QED) is 0.738. The Morgan fingerprint density at radius 1 is 1.28 bits per heavy atom. The molecule has 4 rings (SSSR count). The van der Waals surface area contributed by atoms with Crippen molar-refractivity contribution < 1.29 is 8.42 Å². The van der Waals surface area contributed by atoms with Crippen LogP contribution in [0.1, 0.15) is 11.5 Å². The molecule has 3 aliphatic rings. The lowest BCUT2D eigenvalue weighted by Gasteiger charge is -2.48. The first-order chi connectivity index (χ1) is 8.33. The van der Waals surface area contributed by atoms with Crippen molar-refractivity contribution in [3.8, 4) is 0 Å². The van der Waals surface area contributed by atoms with Crippen LogP contribution < -0.4 is 0 Å². The zero-order valence-electron chi connectivity index (χ0n) is 10.8. The van der Waals surface area contributed by atoms with E-state index in [0.717, 1.165) is 12.1 Å². The third-order valence-electron chi connectivity index (χ3n) is 5.13. The van der Waals surface area contributed by atoms with Crippen molar-refractivity contribution in [2.24, 2.45) is 5.92 Å². The van der Waals surface area contributed by atoms with Crippen LogP contribution in [0.4, 0.5) is 0 Å². The van der Waals surface area contributed by atoms with Crippen LogP contribution >= 0.6 is 0 Å². The Morgan fingerprint density at radius 2 is 1.94 bits per heavy atom. The van der Waals surface area contributed by atoms with Crippen LogP contribution in [0, 0.1) is 5.92 Å². The van der Waals surface area contributed by atoms with E-state index >= 15 is 0 Å². The van der Waals surface area contributed by atoms with E-state index in [0.29, 0.717) is 16.7 Å². The first-order valence-electron chi connectivity index (χ1n) is 6.44. The summed E-state index contributed by atoms with van der Waals surface area (Å²) in [7, 11) is -4.77. The predicted octanol–water partition coefficient (Wildman–Crippen LogP) is 2.03. The molecule has 0 N–H and O–H groups in total. The maximum Gasteiger partial charge on any atom is 0.243 e. The molecule has 96 valence electrons. The van der Waals surface area contributed by atoms with Crippen molar-refractivity contribution in [1.29, 1.82) is 0 Å². The van der Waals surface area contributed by atoms with Crippen LogP contribution in [0.2, 0.25) is 19.6 Å². The van der Waals surface area contributed by atoms with Gasteiger partial charge in [-0.1, -0.05) is 37.8 Å². The van der Waals surface area contributed by atoms with Gasteiger partial charge in [0, 0.05) is 17.6 Å². The summed E-state index contributed by atoms with van der Waals surface area (Å²) in [4.78, 5) is 0.559. The molecule has 0 radical (unpaired) electrons. The minimum absolute atomic E-state index is 0.000185. The maximum absolute atomic E-state index is 12.7. The highest BCUT2D eigenvalue weighted by molar-refractivity contribution is 7.89. The summed E-state index contributed by atoms with van der Waals surface area (Å²) in [6.07, 6.45) is 0. The van der Waals surface area contributed by atoms with Crippen molar-refractivity contribution in [3.63, 3.8) is 0 Å². The minimum atomic E-state index is -3.24. The van der Waals surface area contributed by atoms with Crippen molar-refractivity contribution in [2.75, 3.05) is 6.54 Å². The first kappa shape index (κ1) is 11.2. The molecular weight excluding hydrogens is 262 g/mol. The Kier molecular flexibility index (Phi) is 1.72. The van der Waals surface area contributed by atoms with E-state index in [2.05, 4.69) is 19.6 Å². The molecule has 0 bridgehead atoms.